The van der Waals surface area contributed by atoms with Crippen LogP contribution in [-0.2, 0) is 12.8 Å². The van der Waals surface area contributed by atoms with Gasteiger partial charge in [0.1, 0.15) is 5.82 Å². The van der Waals surface area contributed by atoms with Crippen LogP contribution in [0, 0.1) is 5.92 Å². The number of nitrogens with one attached hydrogen (secondary N) is 2. The lowest BCUT2D eigenvalue weighted by Gasteiger charge is -2.20. The van der Waals surface area contributed by atoms with Gasteiger partial charge in [0.25, 0.3) is 5.91 Å². The molecular weight excluding hydrogens is 288 g/mol. The molecular formula is C18H26N4O. The third-order valence-electron chi connectivity index (χ3n) is 5.18. The summed E-state index contributed by atoms with van der Waals surface area (Å²) < 4.78 is 0. The molecule has 0 aromatic carbocycles. The third-order valence-corrected chi connectivity index (χ3v) is 5.18. The lowest BCUT2D eigenvalue weighted by Crippen LogP contribution is -2.29. The van der Waals surface area contributed by atoms with Crippen molar-refractivity contribution in [1.29, 1.82) is 0 Å². The molecule has 0 unspecified atom stereocenters. The molecule has 3 heterocycles. The Bertz CT molecular complexity index is 591. The molecule has 1 aliphatic carbocycles. The van der Waals surface area contributed by atoms with E-state index in [2.05, 4.69) is 16.7 Å². The highest BCUT2D eigenvalue weighted by molar-refractivity contribution is 5.99. The van der Waals surface area contributed by atoms with Gasteiger partial charge in [-0.1, -0.05) is 0 Å². The Morgan fingerprint density at radius 1 is 1.26 bits per heavy atom. The topological polar surface area (TPSA) is 57.3 Å². The Labute approximate surface area is 137 Å². The van der Waals surface area contributed by atoms with Crippen LogP contribution in [0.4, 0.5) is 5.82 Å². The predicted octanol–water partition coefficient (Wildman–Crippen LogP) is 1.83. The van der Waals surface area contributed by atoms with Crippen LogP contribution in [0.1, 0.15) is 47.3 Å². The minimum atomic E-state index is 0.160. The van der Waals surface area contributed by atoms with Crippen molar-refractivity contribution in [2.75, 3.05) is 38.0 Å². The number of nitrogens with zero attached hydrogens (tertiary/aromatic N) is 2. The van der Waals surface area contributed by atoms with E-state index < -0.39 is 0 Å². The highest BCUT2D eigenvalue weighted by atomic mass is 16.2. The van der Waals surface area contributed by atoms with E-state index in [1.165, 1.54) is 18.4 Å². The SMILES string of the molecule is O=C(c1cc2c(nc1NCC1CC1)CCNCC2)N1CCCC1. The van der Waals surface area contributed by atoms with Crippen LogP contribution in [0.2, 0.25) is 0 Å². The number of carbonyl (C=O) groups is 1. The van der Waals surface area contributed by atoms with Crippen LogP contribution in [0.3, 0.4) is 0 Å². The van der Waals surface area contributed by atoms with E-state index >= 15 is 0 Å². The Morgan fingerprint density at radius 3 is 2.83 bits per heavy atom. The molecule has 3 aliphatic rings. The maximum absolute atomic E-state index is 12.9. The average Bonchev–Trinajstić information content (AvgIpc) is 3.29. The number of hydrogen-bond donors (Lipinski definition) is 2. The molecule has 4 rings (SSSR count). The molecule has 0 atom stereocenters. The fraction of sp³-hybridized carbons (Fsp3) is 0.667. The standard InChI is InChI=1S/C18H26N4O/c23-18(22-9-1-2-10-22)15-11-14-5-7-19-8-6-16(14)21-17(15)20-12-13-3-4-13/h11,13,19H,1-10,12H2,(H,20,21). The zero-order valence-corrected chi connectivity index (χ0v) is 13.7. The molecule has 2 fully saturated rings. The van der Waals surface area contributed by atoms with Gasteiger partial charge in [0, 0.05) is 38.3 Å². The van der Waals surface area contributed by atoms with E-state index in [0.29, 0.717) is 0 Å². The Kier molecular flexibility index (Phi) is 4.21. The van der Waals surface area contributed by atoms with Crippen LogP contribution in [0.25, 0.3) is 0 Å². The molecule has 1 aromatic heterocycles. The molecule has 2 aliphatic heterocycles. The lowest BCUT2D eigenvalue weighted by atomic mass is 10.0. The number of likely N-dealkylation sites (tertiary alicyclic amines) is 1. The number of amides is 1. The summed E-state index contributed by atoms with van der Waals surface area (Å²) in [6, 6.07) is 2.12. The number of hydrogen-bond acceptors (Lipinski definition) is 4. The molecule has 0 spiro atoms. The second-order valence-corrected chi connectivity index (χ2v) is 7.06. The summed E-state index contributed by atoms with van der Waals surface area (Å²) in [6.45, 7) is 4.67. The van der Waals surface area contributed by atoms with Crippen molar-refractivity contribution >= 4 is 11.7 Å². The van der Waals surface area contributed by atoms with Crippen LogP contribution in [0.5, 0.6) is 0 Å². The van der Waals surface area contributed by atoms with Crippen molar-refractivity contribution in [2.45, 2.75) is 38.5 Å². The van der Waals surface area contributed by atoms with Crippen LogP contribution < -0.4 is 10.6 Å². The normalized spacial score (nSPS) is 21.0. The van der Waals surface area contributed by atoms with Crippen molar-refractivity contribution < 1.29 is 4.79 Å². The fourth-order valence-electron chi connectivity index (χ4n) is 3.53. The summed E-state index contributed by atoms with van der Waals surface area (Å²) >= 11 is 0. The first-order valence-corrected chi connectivity index (χ1v) is 9.08. The summed E-state index contributed by atoms with van der Waals surface area (Å²) in [5, 5.41) is 6.89. The molecule has 1 amide bonds. The van der Waals surface area contributed by atoms with Crippen LogP contribution in [-0.4, -0.2) is 48.5 Å². The van der Waals surface area contributed by atoms with Crippen LogP contribution in [0.15, 0.2) is 6.07 Å². The monoisotopic (exact) mass is 314 g/mol. The number of carbonyl (C=O) groups excluding carboxylic acids is 1. The predicted molar refractivity (Wildman–Crippen MR) is 90.9 cm³/mol. The third kappa shape index (κ3) is 3.34. The first kappa shape index (κ1) is 14.9. The van der Waals surface area contributed by atoms with Gasteiger partial charge in [-0.3, -0.25) is 4.79 Å². The maximum Gasteiger partial charge on any atom is 0.257 e. The fourth-order valence-corrected chi connectivity index (χ4v) is 3.53. The smallest absolute Gasteiger partial charge is 0.257 e. The number of rotatable bonds is 4. The van der Waals surface area contributed by atoms with Gasteiger partial charge in [-0.25, -0.2) is 4.98 Å². The second-order valence-electron chi connectivity index (χ2n) is 7.06. The van der Waals surface area contributed by atoms with E-state index in [1.807, 2.05) is 4.90 Å². The number of aromatic nitrogens is 1. The first-order chi connectivity index (χ1) is 11.3. The van der Waals surface area contributed by atoms with Crippen LogP contribution >= 0.6 is 0 Å². The molecule has 1 saturated heterocycles. The van der Waals surface area contributed by atoms with Gasteiger partial charge in [-0.05, 0) is 56.2 Å². The van der Waals surface area contributed by atoms with Crippen molar-refractivity contribution in [1.82, 2.24) is 15.2 Å². The lowest BCUT2D eigenvalue weighted by molar-refractivity contribution is 0.0793. The molecule has 0 bridgehead atoms. The Balaban J connectivity index is 1.64. The van der Waals surface area contributed by atoms with Gasteiger partial charge in [-0.15, -0.1) is 0 Å². The number of fused-ring (bicyclic) bond motifs is 1. The van der Waals surface area contributed by atoms with Crippen molar-refractivity contribution in [2.24, 2.45) is 5.92 Å². The highest BCUT2D eigenvalue weighted by Gasteiger charge is 2.26. The molecule has 0 radical (unpaired) electrons. The second kappa shape index (κ2) is 6.48. The maximum atomic E-state index is 12.9. The summed E-state index contributed by atoms with van der Waals surface area (Å²) in [5.41, 5.74) is 3.19. The zero-order valence-electron chi connectivity index (χ0n) is 13.7. The molecule has 124 valence electrons. The average molecular weight is 314 g/mol. The van der Waals surface area contributed by atoms with Crippen molar-refractivity contribution in [3.63, 3.8) is 0 Å². The van der Waals surface area contributed by atoms with Gasteiger partial charge in [-0.2, -0.15) is 0 Å². The van der Waals surface area contributed by atoms with Gasteiger partial charge in [0.05, 0.1) is 5.56 Å². The molecule has 1 saturated carbocycles. The summed E-state index contributed by atoms with van der Waals surface area (Å²) in [4.78, 5) is 19.8. The largest absolute Gasteiger partial charge is 0.369 e. The minimum Gasteiger partial charge on any atom is -0.369 e. The molecule has 2 N–H and O–H groups in total. The van der Waals surface area contributed by atoms with Gasteiger partial charge < -0.3 is 15.5 Å². The van der Waals surface area contributed by atoms with Gasteiger partial charge >= 0.3 is 0 Å². The van der Waals surface area contributed by atoms with E-state index in [4.69, 9.17) is 4.98 Å². The number of pyridine rings is 1. The van der Waals surface area contributed by atoms with Gasteiger partial charge in [0.15, 0.2) is 0 Å². The molecule has 1 aromatic rings. The molecule has 5 nitrogen and oxygen atoms in total. The number of anilines is 1. The first-order valence-electron chi connectivity index (χ1n) is 9.08. The van der Waals surface area contributed by atoms with E-state index in [-0.39, 0.29) is 5.91 Å². The van der Waals surface area contributed by atoms with Gasteiger partial charge in [0.2, 0.25) is 0 Å². The van der Waals surface area contributed by atoms with E-state index in [9.17, 15) is 4.79 Å². The summed E-state index contributed by atoms with van der Waals surface area (Å²) in [7, 11) is 0. The summed E-state index contributed by atoms with van der Waals surface area (Å²) in [6.07, 6.45) is 6.77. The highest BCUT2D eigenvalue weighted by Crippen LogP contribution is 2.30. The zero-order chi connectivity index (χ0) is 15.6. The summed E-state index contributed by atoms with van der Waals surface area (Å²) in [5.74, 6) is 1.75. The van der Waals surface area contributed by atoms with Crippen molar-refractivity contribution in [3.05, 3.63) is 22.9 Å². The van der Waals surface area contributed by atoms with Crippen molar-refractivity contribution in [3.8, 4) is 0 Å². The molecule has 23 heavy (non-hydrogen) atoms. The van der Waals surface area contributed by atoms with E-state index in [0.717, 1.165) is 81.4 Å². The minimum absolute atomic E-state index is 0.160. The quantitative estimate of drug-likeness (QED) is 0.890. The van der Waals surface area contributed by atoms with E-state index in [1.54, 1.807) is 0 Å². The Hall–Kier alpha value is -1.62. The Morgan fingerprint density at radius 2 is 2.04 bits per heavy atom. The molecule has 5 heteroatoms.